The minimum Gasteiger partial charge on any atom is -1.00 e. The zero-order valence-corrected chi connectivity index (χ0v) is 80.9. The van der Waals surface area contributed by atoms with Crippen LogP contribution in [0.25, 0.3) is 33.1 Å². The summed E-state index contributed by atoms with van der Waals surface area (Å²) in [5.41, 5.74) is 0.863. The average molecular weight is 1870 g/mol. The van der Waals surface area contributed by atoms with Crippen LogP contribution in [0.2, 0.25) is 15.1 Å². The molecule has 30 heteroatoms. The van der Waals surface area contributed by atoms with Crippen molar-refractivity contribution in [3.05, 3.63) is 68.9 Å². The maximum absolute atomic E-state index is 14.4. The van der Waals surface area contributed by atoms with Crippen molar-refractivity contribution in [1.82, 2.24) is 45.4 Å². The first-order chi connectivity index (χ1) is 55.1. The maximum atomic E-state index is 14.4. The van der Waals surface area contributed by atoms with Crippen LogP contribution in [-0.4, -0.2) is 148 Å². The predicted molar refractivity (Wildman–Crippen MR) is 457 cm³/mol. The molecule has 0 bridgehead atoms. The van der Waals surface area contributed by atoms with Crippen LogP contribution in [0, 0.1) is 139 Å². The van der Waals surface area contributed by atoms with Crippen LogP contribution in [0.4, 0.5) is 13.2 Å². The molecule has 12 aliphatic rings. The Bertz CT molecular complexity index is 4580. The second kappa shape index (κ2) is 41.1. The van der Waals surface area contributed by atoms with Crippen molar-refractivity contribution in [2.45, 2.75) is 267 Å². The number of hydrogen-bond donors (Lipinski definition) is 4. The molecule has 6 aromatic rings. The molecule has 664 valence electrons. The smallest absolute Gasteiger partial charge is 1.00 e. The second-order valence-electron chi connectivity index (χ2n) is 39.3. The number of aromatic amines is 1. The number of aromatic nitrogens is 9. The molecule has 0 saturated heterocycles. The molecule has 3 aromatic heterocycles. The monoisotopic (exact) mass is 1860 g/mol. The molecule has 0 spiro atoms. The van der Waals surface area contributed by atoms with Gasteiger partial charge in [0.05, 0.1) is 62.5 Å². The molecule has 18 rings (SSSR count). The van der Waals surface area contributed by atoms with Crippen molar-refractivity contribution in [3.8, 4) is 0 Å². The molecule has 0 aliphatic heterocycles. The van der Waals surface area contributed by atoms with Gasteiger partial charge in [0.25, 0.3) is 6.47 Å². The predicted octanol–water partition coefficient (Wildman–Crippen LogP) is 12.9. The van der Waals surface area contributed by atoms with Gasteiger partial charge in [-0.05, 0) is 334 Å². The van der Waals surface area contributed by atoms with Gasteiger partial charge in [-0.3, -0.25) is 19.2 Å². The average Bonchev–Trinajstić information content (AvgIpc) is 1.41. The SMILES string of the molecule is C.C.C.COC[C@]12CC[C@@](C)(O)C[C@H]1CC[C@H]1[C@@H]3CC[C@H](C(=O)CBr)[C@@]3(C)CC[C@@H]12.COC[C@]12CC[C@@](C)(O)C[C@H]1CC[C@H]1[C@@H]3CC[C@H](C(=O)Cn4nc5ccc(Cl)c(F)c5n4)[C@@]3(C)CC[C@@H]12.COC[C@]12CC[C@@](C)(O)C[C@H]1CC[C@H]1[C@@H]3CC[C@H](C(=O)Cn4nnc5c(F)c(Cl)ccc54)[C@@]3(C)CC[C@@H]12.Fc1c(Cl)ccc2n[nH]nc12.O=CO[O-].[H-].[K+].[K+]. The number of halogens is 7. The van der Waals surface area contributed by atoms with E-state index in [1.165, 1.54) is 72.6 Å². The largest absolute Gasteiger partial charge is 1.00 e. The Hall–Kier alpha value is -1.53. The quantitative estimate of drug-likeness (QED) is 0.0244. The molecule has 3 heterocycles. The standard InChI is InChI=1S/2C29H39ClFN3O3.C23H37BrO3.C6H3ClFN3.CH2O3.3CH4.2K.H/c1-27(36)12-13-29(16-37-3)17(14-27)4-5-18-19-6-7-21(28(19,2)11-10-20(18)29)24(35)15-34-23-9-8-22(30)25(31)26(23)32-33-34;1-27(36)12-13-29(16-37-3)17(14-27)4-5-18-19-6-7-21(28(19,2)11-10-20(18)29)24(35)15-34-32-23-9-8-22(30)25(31)26(23)33-34;1-21(26)10-11-23(14-27-3)15(12-21)4-5-16-17-6-7-19(20(25)13-24)22(17,2)9-8-18(16)23;7-3-1-2-4-6(5(3)8)10-11-9-4;2-1-4-3;;;;;;/h2*8-9,17-21,36H,4-7,10-16H2,1-3H3;15-19,26H,4-14H2,1-3H3;1-2H,(H,9,10,11);1,3H;3*1H4;;;/q;;;;;;;;2*+1;-1/p-1/t2*17-,18+,19+,20+,21-,27-,28+,29-;15-,16+,17+,18+,19-,21-,22+,23-;;;;;;;;/m111......../s1. The van der Waals surface area contributed by atoms with E-state index in [1.54, 1.807) is 18.2 Å². The van der Waals surface area contributed by atoms with Crippen LogP contribution in [0.5, 0.6) is 0 Å². The Morgan fingerprint density at radius 2 is 0.876 bits per heavy atom. The Morgan fingerprint density at radius 1 is 0.504 bits per heavy atom. The molecule has 0 unspecified atom stereocenters. The van der Waals surface area contributed by atoms with Crippen molar-refractivity contribution in [3.63, 3.8) is 0 Å². The van der Waals surface area contributed by atoms with Crippen LogP contribution in [0.15, 0.2) is 36.4 Å². The summed E-state index contributed by atoms with van der Waals surface area (Å²) in [6, 6.07) is 9.34. The van der Waals surface area contributed by atoms with Gasteiger partial charge >= 0.3 is 103 Å². The molecule has 121 heavy (non-hydrogen) atoms. The number of Topliss-reactive ketones (excluding diaryl/α,β-unsaturated/α-hetero) is 3. The summed E-state index contributed by atoms with van der Waals surface area (Å²) in [5.74, 6) is 6.49. The van der Waals surface area contributed by atoms with Gasteiger partial charge in [0.2, 0.25) is 0 Å². The molecular formula is C91H132BrCl3F3K2N9O12. The van der Waals surface area contributed by atoms with Crippen LogP contribution in [0.3, 0.4) is 0 Å². The van der Waals surface area contributed by atoms with E-state index in [1.807, 2.05) is 42.1 Å². The molecule has 0 amide bonds. The molecule has 24 atom stereocenters. The van der Waals surface area contributed by atoms with Crippen molar-refractivity contribution in [1.29, 1.82) is 0 Å². The third-order valence-corrected chi connectivity index (χ3v) is 35.0. The van der Waals surface area contributed by atoms with Crippen molar-refractivity contribution in [2.24, 2.45) is 121 Å². The number of alkyl halides is 1. The number of nitrogens with zero attached hydrogens (tertiary/aromatic N) is 8. The van der Waals surface area contributed by atoms with Gasteiger partial charge in [-0.25, -0.2) is 17.9 Å². The van der Waals surface area contributed by atoms with E-state index < -0.39 is 34.3 Å². The number of nitrogens with one attached hydrogen (secondary N) is 1. The Balaban J connectivity index is 0.000000206. The zero-order chi connectivity index (χ0) is 83.0. The summed E-state index contributed by atoms with van der Waals surface area (Å²) in [4.78, 5) is 52.6. The van der Waals surface area contributed by atoms with Crippen molar-refractivity contribution < 1.29 is 176 Å². The van der Waals surface area contributed by atoms with Gasteiger partial charge in [0.15, 0.2) is 29.0 Å². The third kappa shape index (κ3) is 19.4. The molecule has 12 fully saturated rings. The summed E-state index contributed by atoms with van der Waals surface area (Å²) in [7, 11) is 5.51. The number of fused-ring (bicyclic) bond motifs is 18. The van der Waals surface area contributed by atoms with E-state index in [0.29, 0.717) is 92.8 Å². The molecule has 21 nitrogen and oxygen atoms in total. The molecule has 12 aliphatic carbocycles. The maximum Gasteiger partial charge on any atom is 1.00 e. The van der Waals surface area contributed by atoms with Gasteiger partial charge in [-0.15, -0.1) is 10.2 Å². The normalized spacial score (nSPS) is 38.0. The minimum atomic E-state index is -0.589. The van der Waals surface area contributed by atoms with E-state index in [2.05, 4.69) is 77.5 Å². The van der Waals surface area contributed by atoms with Crippen LogP contribution < -0.4 is 108 Å². The van der Waals surface area contributed by atoms with E-state index in [-0.39, 0.29) is 239 Å². The summed E-state index contributed by atoms with van der Waals surface area (Å²) < 4.78 is 60.9. The molecule has 3 aromatic carbocycles. The summed E-state index contributed by atoms with van der Waals surface area (Å²) in [6.45, 7) is 15.6. The van der Waals surface area contributed by atoms with Crippen molar-refractivity contribution in [2.75, 3.05) is 46.5 Å². The van der Waals surface area contributed by atoms with Crippen molar-refractivity contribution >= 4 is 108 Å². The molecule has 12 saturated carbocycles. The topological polar surface area (TPSA) is 292 Å². The van der Waals surface area contributed by atoms with E-state index >= 15 is 0 Å². The van der Waals surface area contributed by atoms with Gasteiger partial charge in [-0.1, -0.05) is 99.0 Å². The van der Waals surface area contributed by atoms with Gasteiger partial charge in [0, 0.05) is 39.1 Å². The zero-order valence-electron chi connectivity index (χ0n) is 71.8. The second-order valence-corrected chi connectivity index (χ2v) is 41.1. The number of aliphatic hydroxyl groups is 3. The van der Waals surface area contributed by atoms with E-state index in [9.17, 15) is 42.9 Å². The van der Waals surface area contributed by atoms with Gasteiger partial charge < -0.3 is 41.1 Å². The summed E-state index contributed by atoms with van der Waals surface area (Å²) in [5, 5.41) is 67.7. The summed E-state index contributed by atoms with van der Waals surface area (Å²) in [6.07, 6.45) is 28.7. The van der Waals surface area contributed by atoms with Gasteiger partial charge in [0.1, 0.15) is 46.5 Å². The number of hydrogen-bond acceptors (Lipinski definition) is 18. The molecule has 4 N–H and O–H groups in total. The molecular weight excluding hydrogens is 1730 g/mol. The first kappa shape index (κ1) is 103. The Kier molecular flexibility index (Phi) is 35.0. The van der Waals surface area contributed by atoms with Crippen LogP contribution in [0.1, 0.15) is 239 Å². The number of carbonyl (C=O) groups excluding carboxylic acids is 4. The molecule has 0 radical (unpaired) electrons. The number of carbonyl (C=O) groups is 4. The fraction of sp³-hybridized carbons (Fsp3) is 0.758. The van der Waals surface area contributed by atoms with Crippen LogP contribution >= 0.6 is 50.7 Å². The fourth-order valence-corrected chi connectivity index (χ4v) is 29.4. The number of benzene rings is 3. The minimum absolute atomic E-state index is 0. The number of ketones is 3. The Labute approximate surface area is 823 Å². The Morgan fingerprint density at radius 3 is 1.27 bits per heavy atom. The number of rotatable bonds is 15. The van der Waals surface area contributed by atoms with E-state index in [0.717, 1.165) is 154 Å². The fourth-order valence-electron chi connectivity index (χ4n) is 28.5. The number of H-pyrrole nitrogens is 1. The van der Waals surface area contributed by atoms with E-state index in [4.69, 9.17) is 59.1 Å². The van der Waals surface area contributed by atoms with Crippen LogP contribution in [-0.2, 0) is 51.4 Å². The first-order valence-electron chi connectivity index (χ1n) is 42.7. The number of ether oxygens (including phenoxy) is 3. The van der Waals surface area contributed by atoms with Gasteiger partial charge in [-0.2, -0.15) is 25.3 Å². The number of methoxy groups -OCH3 is 3. The summed E-state index contributed by atoms with van der Waals surface area (Å²) >= 11 is 20.7. The first-order valence-corrected chi connectivity index (χ1v) is 44.9. The third-order valence-electron chi connectivity index (χ3n) is 33.6.